The SMILES string of the molecule is CCOc1cc(Br)c(COC(=O)CCc2nc3ccccc3s2)cc1OCC. The standard InChI is InChI=1S/C21H22BrNO4S/c1-3-25-17-11-14(15(22)12-18(17)26-4-2)13-27-21(24)10-9-20-23-16-7-5-6-8-19(16)28-20/h5-8,11-12H,3-4,9-10,13H2,1-2H3. The van der Waals surface area contributed by atoms with Crippen LogP contribution in [0.25, 0.3) is 10.2 Å². The van der Waals surface area contributed by atoms with Gasteiger partial charge in [-0.25, -0.2) is 4.98 Å². The molecule has 0 aliphatic rings. The van der Waals surface area contributed by atoms with Crippen LogP contribution in [-0.4, -0.2) is 24.2 Å². The Labute approximate surface area is 176 Å². The number of para-hydroxylation sites is 1. The average molecular weight is 464 g/mol. The number of thiazole rings is 1. The molecule has 0 amide bonds. The molecule has 5 nitrogen and oxygen atoms in total. The van der Waals surface area contributed by atoms with E-state index < -0.39 is 0 Å². The van der Waals surface area contributed by atoms with E-state index in [0.29, 0.717) is 37.6 Å². The topological polar surface area (TPSA) is 57.7 Å². The third kappa shape index (κ3) is 5.23. The summed E-state index contributed by atoms with van der Waals surface area (Å²) in [6, 6.07) is 11.7. The fraction of sp³-hybridized carbons (Fsp3) is 0.333. The second kappa shape index (κ2) is 9.89. The third-order valence-electron chi connectivity index (χ3n) is 3.98. The largest absolute Gasteiger partial charge is 0.490 e. The van der Waals surface area contributed by atoms with Crippen molar-refractivity contribution in [2.75, 3.05) is 13.2 Å². The van der Waals surface area contributed by atoms with Gasteiger partial charge in [0.15, 0.2) is 11.5 Å². The number of aromatic nitrogens is 1. The van der Waals surface area contributed by atoms with Crippen LogP contribution in [0.4, 0.5) is 0 Å². The molecule has 0 saturated carbocycles. The smallest absolute Gasteiger partial charge is 0.306 e. The number of nitrogens with zero attached hydrogens (tertiary/aromatic N) is 1. The van der Waals surface area contributed by atoms with Gasteiger partial charge in [0.1, 0.15) is 6.61 Å². The molecule has 7 heteroatoms. The lowest BCUT2D eigenvalue weighted by molar-refractivity contribution is -0.144. The molecule has 3 aromatic rings. The first-order valence-corrected chi connectivity index (χ1v) is 10.8. The highest BCUT2D eigenvalue weighted by molar-refractivity contribution is 9.10. The minimum Gasteiger partial charge on any atom is -0.490 e. The van der Waals surface area contributed by atoms with Crippen molar-refractivity contribution >= 4 is 43.5 Å². The monoisotopic (exact) mass is 463 g/mol. The lowest BCUT2D eigenvalue weighted by Gasteiger charge is -2.14. The Morgan fingerprint density at radius 2 is 1.82 bits per heavy atom. The zero-order valence-electron chi connectivity index (χ0n) is 15.9. The molecule has 0 aliphatic heterocycles. The molecule has 0 fully saturated rings. The van der Waals surface area contributed by atoms with Crippen molar-refractivity contribution in [3.05, 3.63) is 51.4 Å². The molecule has 0 aliphatic carbocycles. The Morgan fingerprint density at radius 3 is 2.54 bits per heavy atom. The van der Waals surface area contributed by atoms with Gasteiger partial charge in [0.2, 0.25) is 0 Å². The Hall–Kier alpha value is -2.12. The first-order chi connectivity index (χ1) is 13.6. The molecule has 2 aromatic carbocycles. The predicted octanol–water partition coefficient (Wildman–Crippen LogP) is 5.53. The molecule has 0 unspecified atom stereocenters. The molecule has 1 aromatic heterocycles. The fourth-order valence-corrected chi connectivity index (χ4v) is 4.09. The zero-order chi connectivity index (χ0) is 19.9. The quantitative estimate of drug-likeness (QED) is 0.390. The number of esters is 1. The number of benzene rings is 2. The van der Waals surface area contributed by atoms with Crippen molar-refractivity contribution in [2.45, 2.75) is 33.3 Å². The molecule has 1 heterocycles. The minimum atomic E-state index is -0.252. The van der Waals surface area contributed by atoms with Crippen LogP contribution < -0.4 is 9.47 Å². The van der Waals surface area contributed by atoms with Gasteiger partial charge in [-0.3, -0.25) is 4.79 Å². The molecular formula is C21H22BrNO4S. The van der Waals surface area contributed by atoms with E-state index >= 15 is 0 Å². The normalized spacial score (nSPS) is 10.8. The van der Waals surface area contributed by atoms with Gasteiger partial charge in [-0.2, -0.15) is 0 Å². The molecule has 0 saturated heterocycles. The number of hydrogen-bond donors (Lipinski definition) is 0. The van der Waals surface area contributed by atoms with Gasteiger partial charge in [-0.05, 0) is 38.1 Å². The van der Waals surface area contributed by atoms with Crippen LogP contribution >= 0.6 is 27.3 Å². The minimum absolute atomic E-state index is 0.172. The lowest BCUT2D eigenvalue weighted by atomic mass is 10.2. The Morgan fingerprint density at radius 1 is 1.11 bits per heavy atom. The molecule has 0 atom stereocenters. The number of carbonyl (C=O) groups is 1. The van der Waals surface area contributed by atoms with Gasteiger partial charge < -0.3 is 14.2 Å². The van der Waals surface area contributed by atoms with Crippen molar-refractivity contribution in [1.82, 2.24) is 4.98 Å². The summed E-state index contributed by atoms with van der Waals surface area (Å²) in [7, 11) is 0. The number of fused-ring (bicyclic) bond motifs is 1. The Bertz CT molecular complexity index is 924. The van der Waals surface area contributed by atoms with Gasteiger partial charge in [0.05, 0.1) is 34.9 Å². The van der Waals surface area contributed by atoms with Crippen molar-refractivity contribution in [2.24, 2.45) is 0 Å². The number of halogens is 1. The van der Waals surface area contributed by atoms with Crippen LogP contribution in [0.15, 0.2) is 40.9 Å². The molecule has 0 bridgehead atoms. The van der Waals surface area contributed by atoms with Crippen molar-refractivity contribution in [3.8, 4) is 11.5 Å². The molecule has 28 heavy (non-hydrogen) atoms. The Balaban J connectivity index is 1.58. The maximum atomic E-state index is 12.2. The summed E-state index contributed by atoms with van der Waals surface area (Å²) in [6.07, 6.45) is 0.875. The molecule has 148 valence electrons. The maximum absolute atomic E-state index is 12.2. The number of aryl methyl sites for hydroxylation is 1. The van der Waals surface area contributed by atoms with Gasteiger partial charge in [0.25, 0.3) is 0 Å². The van der Waals surface area contributed by atoms with E-state index in [-0.39, 0.29) is 12.6 Å². The molecular weight excluding hydrogens is 442 g/mol. The predicted molar refractivity (Wildman–Crippen MR) is 114 cm³/mol. The molecule has 0 N–H and O–H groups in total. The highest BCUT2D eigenvalue weighted by Gasteiger charge is 2.13. The van der Waals surface area contributed by atoms with Crippen LogP contribution in [0.5, 0.6) is 11.5 Å². The first kappa shape index (κ1) is 20.6. The van der Waals surface area contributed by atoms with Crippen LogP contribution in [0.3, 0.4) is 0 Å². The summed E-state index contributed by atoms with van der Waals surface area (Å²) in [4.78, 5) is 16.7. The fourth-order valence-electron chi connectivity index (χ4n) is 2.69. The van der Waals surface area contributed by atoms with E-state index in [1.165, 1.54) is 0 Å². The van der Waals surface area contributed by atoms with Crippen molar-refractivity contribution in [3.63, 3.8) is 0 Å². The van der Waals surface area contributed by atoms with Crippen molar-refractivity contribution < 1.29 is 19.0 Å². The molecule has 0 spiro atoms. The number of carbonyl (C=O) groups excluding carboxylic acids is 1. The van der Waals surface area contributed by atoms with E-state index in [2.05, 4.69) is 20.9 Å². The van der Waals surface area contributed by atoms with Crippen LogP contribution in [0, 0.1) is 0 Å². The number of ether oxygens (including phenoxy) is 3. The third-order valence-corrected chi connectivity index (χ3v) is 5.82. The average Bonchev–Trinajstić information content (AvgIpc) is 3.10. The Kier molecular flexibility index (Phi) is 7.28. The van der Waals surface area contributed by atoms with Crippen LogP contribution in [-0.2, 0) is 22.6 Å². The maximum Gasteiger partial charge on any atom is 0.306 e. The summed E-state index contributed by atoms with van der Waals surface area (Å²) < 4.78 is 18.6. The summed E-state index contributed by atoms with van der Waals surface area (Å²) in [5, 5.41) is 0.944. The summed E-state index contributed by atoms with van der Waals surface area (Å²) in [6.45, 7) is 5.09. The highest BCUT2D eigenvalue weighted by Crippen LogP contribution is 2.34. The summed E-state index contributed by atoms with van der Waals surface area (Å²) >= 11 is 5.13. The second-order valence-electron chi connectivity index (χ2n) is 5.99. The summed E-state index contributed by atoms with van der Waals surface area (Å²) in [5.74, 6) is 1.06. The van der Waals surface area contributed by atoms with E-state index in [4.69, 9.17) is 14.2 Å². The number of hydrogen-bond acceptors (Lipinski definition) is 6. The number of rotatable bonds is 9. The molecule has 3 rings (SSSR count). The van der Waals surface area contributed by atoms with E-state index in [1.807, 2.05) is 50.2 Å². The van der Waals surface area contributed by atoms with Gasteiger partial charge in [0, 0.05) is 16.5 Å². The highest BCUT2D eigenvalue weighted by atomic mass is 79.9. The molecule has 0 radical (unpaired) electrons. The first-order valence-electron chi connectivity index (χ1n) is 9.18. The lowest BCUT2D eigenvalue weighted by Crippen LogP contribution is -2.07. The van der Waals surface area contributed by atoms with Crippen LogP contribution in [0.2, 0.25) is 0 Å². The van der Waals surface area contributed by atoms with E-state index in [0.717, 1.165) is 25.3 Å². The van der Waals surface area contributed by atoms with E-state index in [9.17, 15) is 4.79 Å². The summed E-state index contributed by atoms with van der Waals surface area (Å²) in [5.41, 5.74) is 1.80. The van der Waals surface area contributed by atoms with Crippen molar-refractivity contribution in [1.29, 1.82) is 0 Å². The van der Waals surface area contributed by atoms with Crippen LogP contribution in [0.1, 0.15) is 30.8 Å². The van der Waals surface area contributed by atoms with Gasteiger partial charge in [-0.1, -0.05) is 28.1 Å². The van der Waals surface area contributed by atoms with Gasteiger partial charge >= 0.3 is 5.97 Å². The second-order valence-corrected chi connectivity index (χ2v) is 7.96. The zero-order valence-corrected chi connectivity index (χ0v) is 18.3. The van der Waals surface area contributed by atoms with E-state index in [1.54, 1.807) is 11.3 Å². The van der Waals surface area contributed by atoms with Gasteiger partial charge in [-0.15, -0.1) is 11.3 Å².